The van der Waals surface area contributed by atoms with E-state index in [0.29, 0.717) is 0 Å². The number of nitrogens with one attached hydrogen (secondary N) is 1. The second-order valence-electron chi connectivity index (χ2n) is 5.86. The van der Waals surface area contributed by atoms with Crippen molar-refractivity contribution >= 4 is 141 Å². The first-order valence-electron chi connectivity index (χ1n) is 7.76. The van der Waals surface area contributed by atoms with Gasteiger partial charge in [0.25, 0.3) is 0 Å². The molecule has 4 aromatic rings. The van der Waals surface area contributed by atoms with E-state index in [1.807, 2.05) is 0 Å². The molecular formula is C18H10Br6N2S2. The predicted molar refractivity (Wildman–Crippen MR) is 145 cm³/mol. The number of hydrogen-bond acceptors (Lipinski definition) is 2. The molecule has 0 fully saturated rings. The van der Waals surface area contributed by atoms with Crippen LogP contribution in [0.2, 0.25) is 0 Å². The van der Waals surface area contributed by atoms with Gasteiger partial charge in [0, 0.05) is 38.0 Å². The van der Waals surface area contributed by atoms with Crippen LogP contribution < -0.4 is 0 Å². The van der Waals surface area contributed by atoms with Gasteiger partial charge in [-0.25, -0.2) is 0 Å². The molecule has 146 valence electrons. The van der Waals surface area contributed by atoms with Gasteiger partial charge in [-0.15, -0.1) is 23.5 Å². The number of aromatic amines is 1. The molecule has 0 atom stereocenters. The van der Waals surface area contributed by atoms with Gasteiger partial charge in [-0.05, 0) is 94.4 Å². The first kappa shape index (κ1) is 22.3. The lowest BCUT2D eigenvalue weighted by Crippen LogP contribution is -1.96. The zero-order chi connectivity index (χ0) is 20.3. The Morgan fingerprint density at radius 3 is 2.18 bits per heavy atom. The normalized spacial score (nSPS) is 11.9. The average molecular weight is 798 g/mol. The smallest absolute Gasteiger partial charge is 0.104 e. The molecule has 0 saturated carbocycles. The monoisotopic (exact) mass is 792 g/mol. The topological polar surface area (TPSA) is 20.7 Å². The van der Waals surface area contributed by atoms with Gasteiger partial charge in [0.2, 0.25) is 0 Å². The Balaban J connectivity index is 2.25. The van der Waals surface area contributed by atoms with Gasteiger partial charge in [-0.2, -0.15) is 0 Å². The molecule has 0 saturated heterocycles. The number of rotatable bonds is 3. The van der Waals surface area contributed by atoms with Crippen LogP contribution in [0.4, 0.5) is 0 Å². The van der Waals surface area contributed by atoms with Gasteiger partial charge in [0.15, 0.2) is 0 Å². The van der Waals surface area contributed by atoms with Crippen LogP contribution in [-0.4, -0.2) is 22.1 Å². The lowest BCUT2D eigenvalue weighted by atomic mass is 10.2. The fraction of sp³-hybridized carbons (Fsp3) is 0.111. The molecule has 2 aromatic carbocycles. The fourth-order valence-corrected chi connectivity index (χ4v) is 8.74. The Labute approximate surface area is 221 Å². The summed E-state index contributed by atoms with van der Waals surface area (Å²) in [5.41, 5.74) is 3.30. The summed E-state index contributed by atoms with van der Waals surface area (Å²) < 4.78 is 8.42. The SMILES string of the molecule is CSc1[nH]c2cc(Br)c(Br)c(Br)c2c1-n1c(Br)c(SC)c2c(Br)cc(Br)cc21. The maximum absolute atomic E-state index is 3.89. The highest BCUT2D eigenvalue weighted by atomic mass is 79.9. The highest BCUT2D eigenvalue weighted by Gasteiger charge is 2.25. The van der Waals surface area contributed by atoms with Crippen LogP contribution in [0.3, 0.4) is 0 Å². The molecule has 10 heteroatoms. The van der Waals surface area contributed by atoms with Gasteiger partial charge in [0.1, 0.15) is 4.60 Å². The Bertz CT molecular complexity index is 1260. The van der Waals surface area contributed by atoms with E-state index in [1.54, 1.807) is 23.5 Å². The van der Waals surface area contributed by atoms with Gasteiger partial charge < -0.3 is 4.98 Å². The Hall–Kier alpha value is 1.10. The van der Waals surface area contributed by atoms with Crippen molar-refractivity contribution < 1.29 is 0 Å². The fourth-order valence-electron chi connectivity index (χ4n) is 3.26. The van der Waals surface area contributed by atoms with Crippen molar-refractivity contribution in [1.29, 1.82) is 0 Å². The van der Waals surface area contributed by atoms with Crippen molar-refractivity contribution in [2.75, 3.05) is 12.5 Å². The quantitative estimate of drug-likeness (QED) is 0.165. The van der Waals surface area contributed by atoms with E-state index in [-0.39, 0.29) is 0 Å². The molecule has 0 spiro atoms. The number of aromatic nitrogens is 2. The number of fused-ring (bicyclic) bond motifs is 2. The number of nitrogens with zero attached hydrogens (tertiary/aromatic N) is 1. The molecule has 0 aliphatic heterocycles. The minimum Gasteiger partial charge on any atom is -0.348 e. The molecule has 2 aromatic heterocycles. The lowest BCUT2D eigenvalue weighted by Gasteiger charge is -2.11. The average Bonchev–Trinajstić information content (AvgIpc) is 3.13. The minimum atomic E-state index is 0.993. The van der Waals surface area contributed by atoms with Crippen molar-refractivity contribution in [3.8, 4) is 5.69 Å². The van der Waals surface area contributed by atoms with Crippen molar-refractivity contribution in [3.05, 3.63) is 45.2 Å². The third-order valence-electron chi connectivity index (χ3n) is 4.38. The van der Waals surface area contributed by atoms with Crippen molar-refractivity contribution in [1.82, 2.24) is 9.55 Å². The Morgan fingerprint density at radius 1 is 0.821 bits per heavy atom. The van der Waals surface area contributed by atoms with Crippen LogP contribution in [-0.2, 0) is 0 Å². The third kappa shape index (κ3) is 3.45. The molecule has 0 aliphatic carbocycles. The van der Waals surface area contributed by atoms with E-state index in [2.05, 4.69) is 136 Å². The van der Waals surface area contributed by atoms with Gasteiger partial charge >= 0.3 is 0 Å². The second kappa shape index (κ2) is 8.56. The van der Waals surface area contributed by atoms with E-state index in [9.17, 15) is 0 Å². The maximum atomic E-state index is 3.89. The standard InChI is InChI=1S/C18H10Br6N2S2/c1-27-16-11-7(20)3-6(19)4-10(11)26(17(16)24)15-12-9(25-18(15)28-2)5-8(21)13(22)14(12)23/h3-5,25H,1-2H3. The molecule has 1 N–H and O–H groups in total. The summed E-state index contributed by atoms with van der Waals surface area (Å²) >= 11 is 25.9. The Morgan fingerprint density at radius 2 is 1.54 bits per heavy atom. The molecule has 2 nitrogen and oxygen atoms in total. The van der Waals surface area contributed by atoms with Crippen LogP contribution in [0.15, 0.2) is 55.1 Å². The summed E-state index contributed by atoms with van der Waals surface area (Å²) in [6.07, 6.45) is 4.19. The lowest BCUT2D eigenvalue weighted by molar-refractivity contribution is 1.03. The summed E-state index contributed by atoms with van der Waals surface area (Å²) in [5.74, 6) is 0. The first-order chi connectivity index (χ1) is 13.3. The van der Waals surface area contributed by atoms with Crippen LogP contribution >= 0.6 is 119 Å². The third-order valence-corrected chi connectivity index (χ3v) is 11.3. The highest BCUT2D eigenvalue weighted by molar-refractivity contribution is 9.14. The van der Waals surface area contributed by atoms with E-state index in [1.165, 1.54) is 10.3 Å². The second-order valence-corrected chi connectivity index (χ2v) is 12.5. The summed E-state index contributed by atoms with van der Waals surface area (Å²) in [6, 6.07) is 6.36. The first-order valence-corrected chi connectivity index (χ1v) is 15.0. The molecule has 0 unspecified atom stereocenters. The molecule has 2 heterocycles. The molecule has 28 heavy (non-hydrogen) atoms. The molecule has 4 rings (SSSR count). The Kier molecular flexibility index (Phi) is 6.82. The zero-order valence-electron chi connectivity index (χ0n) is 14.3. The molecule has 0 radical (unpaired) electrons. The van der Waals surface area contributed by atoms with Crippen molar-refractivity contribution in [2.24, 2.45) is 0 Å². The highest BCUT2D eigenvalue weighted by Crippen LogP contribution is 2.48. The van der Waals surface area contributed by atoms with E-state index < -0.39 is 0 Å². The molecule has 0 aliphatic rings. The van der Waals surface area contributed by atoms with Crippen molar-refractivity contribution in [3.63, 3.8) is 0 Å². The summed E-state index contributed by atoms with van der Waals surface area (Å²) in [6.45, 7) is 0. The number of benzene rings is 2. The van der Waals surface area contributed by atoms with Gasteiger partial charge in [-0.3, -0.25) is 4.57 Å². The van der Waals surface area contributed by atoms with Crippen molar-refractivity contribution in [2.45, 2.75) is 9.92 Å². The van der Waals surface area contributed by atoms with E-state index in [4.69, 9.17) is 0 Å². The van der Waals surface area contributed by atoms with E-state index in [0.717, 1.165) is 54.1 Å². The summed E-state index contributed by atoms with van der Waals surface area (Å²) in [7, 11) is 0. The number of halogens is 6. The summed E-state index contributed by atoms with van der Waals surface area (Å²) in [5, 5.41) is 3.42. The van der Waals surface area contributed by atoms with E-state index >= 15 is 0 Å². The largest absolute Gasteiger partial charge is 0.348 e. The van der Waals surface area contributed by atoms with Gasteiger partial charge in [0.05, 0.1) is 21.7 Å². The maximum Gasteiger partial charge on any atom is 0.104 e. The van der Waals surface area contributed by atoms with Crippen LogP contribution in [0.5, 0.6) is 0 Å². The molecular weight excluding hydrogens is 788 g/mol. The minimum absolute atomic E-state index is 0.993. The summed E-state index contributed by atoms with van der Waals surface area (Å²) in [4.78, 5) is 4.78. The number of hydrogen-bond donors (Lipinski definition) is 1. The van der Waals surface area contributed by atoms with Crippen LogP contribution in [0, 0.1) is 0 Å². The van der Waals surface area contributed by atoms with Gasteiger partial charge in [-0.1, -0.05) is 31.9 Å². The predicted octanol–water partition coefficient (Wildman–Crippen LogP) is 10.1. The molecule has 0 amide bonds. The zero-order valence-corrected chi connectivity index (χ0v) is 25.4. The number of thioether (sulfide) groups is 2. The van der Waals surface area contributed by atoms with Crippen LogP contribution in [0.25, 0.3) is 27.5 Å². The van der Waals surface area contributed by atoms with Crippen LogP contribution in [0.1, 0.15) is 0 Å². The molecule has 0 bridgehead atoms. The number of H-pyrrole nitrogens is 1.